The molecule has 24 heavy (non-hydrogen) atoms. The third-order valence-corrected chi connectivity index (χ3v) is 4.54. The fraction of sp³-hybridized carbons (Fsp3) is 0.438. The summed E-state index contributed by atoms with van der Waals surface area (Å²) >= 11 is 0. The van der Waals surface area contributed by atoms with Crippen LogP contribution in [0.3, 0.4) is 0 Å². The first-order chi connectivity index (χ1) is 11.5. The number of rotatable bonds is 4. The fourth-order valence-electron chi connectivity index (χ4n) is 3.22. The fourth-order valence-corrected chi connectivity index (χ4v) is 3.22. The van der Waals surface area contributed by atoms with E-state index in [-0.39, 0.29) is 31.0 Å². The zero-order chi connectivity index (χ0) is 17.3. The van der Waals surface area contributed by atoms with Gasteiger partial charge in [0.2, 0.25) is 5.91 Å². The highest BCUT2D eigenvalue weighted by molar-refractivity contribution is 5.76. The Morgan fingerprint density at radius 2 is 2.17 bits per heavy atom. The van der Waals surface area contributed by atoms with Crippen molar-refractivity contribution in [3.05, 3.63) is 47.3 Å². The molecule has 1 aromatic heterocycles. The first-order valence-electron chi connectivity index (χ1n) is 7.83. The highest BCUT2D eigenvalue weighted by Gasteiger charge is 2.35. The summed E-state index contributed by atoms with van der Waals surface area (Å²) in [4.78, 5) is 14.2. The van der Waals surface area contributed by atoms with Gasteiger partial charge < -0.3 is 10.6 Å². The molecule has 1 amide bonds. The van der Waals surface area contributed by atoms with Crippen LogP contribution in [0.15, 0.2) is 24.4 Å². The lowest BCUT2D eigenvalue weighted by Gasteiger charge is -2.25. The van der Waals surface area contributed by atoms with Gasteiger partial charge in [0.15, 0.2) is 11.6 Å². The van der Waals surface area contributed by atoms with E-state index in [0.29, 0.717) is 24.2 Å². The van der Waals surface area contributed by atoms with Gasteiger partial charge in [-0.05, 0) is 31.0 Å². The van der Waals surface area contributed by atoms with E-state index in [1.165, 1.54) is 10.7 Å². The van der Waals surface area contributed by atoms with Gasteiger partial charge in [-0.2, -0.15) is 0 Å². The van der Waals surface area contributed by atoms with E-state index in [1.54, 1.807) is 17.2 Å². The van der Waals surface area contributed by atoms with E-state index < -0.39 is 11.6 Å². The number of likely N-dealkylation sites (tertiary alicyclic amines) is 1. The van der Waals surface area contributed by atoms with E-state index in [9.17, 15) is 13.6 Å². The van der Waals surface area contributed by atoms with Gasteiger partial charge in [0.1, 0.15) is 6.54 Å². The van der Waals surface area contributed by atoms with Gasteiger partial charge in [-0.1, -0.05) is 11.3 Å². The third kappa shape index (κ3) is 3.14. The standard InChI is InChI=1S/C16H19F2N5O/c1-10-13(11-2-3-14(17)15(18)6-11)4-5-23(10)16(24)9-22-8-12(7-19)20-21-22/h2-3,6,8,10,13H,4-5,7,9,19H2,1H3. The minimum atomic E-state index is -0.862. The van der Waals surface area contributed by atoms with Gasteiger partial charge in [0, 0.05) is 25.0 Å². The van der Waals surface area contributed by atoms with Crippen LogP contribution < -0.4 is 5.73 Å². The molecule has 128 valence electrons. The van der Waals surface area contributed by atoms with Crippen LogP contribution in [0.5, 0.6) is 0 Å². The van der Waals surface area contributed by atoms with E-state index in [4.69, 9.17) is 5.73 Å². The normalized spacial score (nSPS) is 20.6. The summed E-state index contributed by atoms with van der Waals surface area (Å²) in [7, 11) is 0. The summed E-state index contributed by atoms with van der Waals surface area (Å²) in [6.45, 7) is 2.85. The Kier molecular flexibility index (Phi) is 4.57. The Bertz CT molecular complexity index is 748. The van der Waals surface area contributed by atoms with Crippen LogP contribution >= 0.6 is 0 Å². The Balaban J connectivity index is 1.69. The number of hydrogen-bond acceptors (Lipinski definition) is 4. The Morgan fingerprint density at radius 1 is 1.38 bits per heavy atom. The molecular weight excluding hydrogens is 316 g/mol. The number of halogens is 2. The number of nitrogens with zero attached hydrogens (tertiary/aromatic N) is 4. The second kappa shape index (κ2) is 6.64. The molecule has 2 N–H and O–H groups in total. The Hall–Kier alpha value is -2.35. The van der Waals surface area contributed by atoms with Gasteiger partial charge in [-0.25, -0.2) is 13.5 Å². The van der Waals surface area contributed by atoms with Crippen molar-refractivity contribution < 1.29 is 13.6 Å². The van der Waals surface area contributed by atoms with Crippen molar-refractivity contribution in [3.8, 4) is 0 Å². The smallest absolute Gasteiger partial charge is 0.244 e. The molecule has 0 saturated carbocycles. The van der Waals surface area contributed by atoms with Crippen molar-refractivity contribution in [2.24, 2.45) is 5.73 Å². The van der Waals surface area contributed by atoms with Crippen molar-refractivity contribution in [1.29, 1.82) is 0 Å². The number of aromatic nitrogens is 3. The van der Waals surface area contributed by atoms with Crippen molar-refractivity contribution in [3.63, 3.8) is 0 Å². The molecule has 2 atom stereocenters. The van der Waals surface area contributed by atoms with Crippen LogP contribution in [0.1, 0.15) is 30.5 Å². The lowest BCUT2D eigenvalue weighted by molar-refractivity contribution is -0.132. The zero-order valence-electron chi connectivity index (χ0n) is 13.3. The highest BCUT2D eigenvalue weighted by atomic mass is 19.2. The van der Waals surface area contributed by atoms with E-state index in [2.05, 4.69) is 10.3 Å². The molecule has 8 heteroatoms. The van der Waals surface area contributed by atoms with Crippen molar-refractivity contribution >= 4 is 5.91 Å². The lowest BCUT2D eigenvalue weighted by Crippen LogP contribution is -2.37. The monoisotopic (exact) mass is 335 g/mol. The van der Waals surface area contributed by atoms with Crippen molar-refractivity contribution in [2.75, 3.05) is 6.54 Å². The molecule has 3 rings (SSSR count). The summed E-state index contributed by atoms with van der Waals surface area (Å²) in [5.41, 5.74) is 6.81. The van der Waals surface area contributed by atoms with Crippen molar-refractivity contribution in [2.45, 2.75) is 38.4 Å². The van der Waals surface area contributed by atoms with Crippen LogP contribution in [-0.4, -0.2) is 38.4 Å². The van der Waals surface area contributed by atoms with E-state index in [1.807, 2.05) is 6.92 Å². The molecule has 1 aromatic carbocycles. The molecule has 6 nitrogen and oxygen atoms in total. The first-order valence-corrected chi connectivity index (χ1v) is 7.83. The van der Waals surface area contributed by atoms with Crippen LogP contribution in [0.2, 0.25) is 0 Å². The van der Waals surface area contributed by atoms with Crippen LogP contribution in [0.25, 0.3) is 0 Å². The molecule has 2 heterocycles. The van der Waals surface area contributed by atoms with E-state index >= 15 is 0 Å². The van der Waals surface area contributed by atoms with E-state index in [0.717, 1.165) is 6.07 Å². The highest BCUT2D eigenvalue weighted by Crippen LogP contribution is 2.34. The SMILES string of the molecule is CC1C(c2ccc(F)c(F)c2)CCN1C(=O)Cn1cc(CN)nn1. The molecule has 0 radical (unpaired) electrons. The minimum Gasteiger partial charge on any atom is -0.338 e. The summed E-state index contributed by atoms with van der Waals surface area (Å²) in [6, 6.07) is 3.83. The Morgan fingerprint density at radius 3 is 2.83 bits per heavy atom. The molecular formula is C16H19F2N5O. The molecule has 1 aliphatic heterocycles. The second-order valence-corrected chi connectivity index (χ2v) is 6.01. The number of carbonyl (C=O) groups excluding carboxylic acids is 1. The molecule has 1 saturated heterocycles. The van der Waals surface area contributed by atoms with Crippen LogP contribution in [-0.2, 0) is 17.9 Å². The average molecular weight is 335 g/mol. The minimum absolute atomic E-state index is 0.0144. The molecule has 2 unspecified atom stereocenters. The number of nitrogens with two attached hydrogens (primary N) is 1. The van der Waals surface area contributed by atoms with Crippen LogP contribution in [0.4, 0.5) is 8.78 Å². The molecule has 2 aromatic rings. The topological polar surface area (TPSA) is 77.0 Å². The molecule has 0 bridgehead atoms. The summed E-state index contributed by atoms with van der Waals surface area (Å²) in [5.74, 6) is -1.82. The third-order valence-electron chi connectivity index (χ3n) is 4.54. The number of amides is 1. The Labute approximate surface area is 138 Å². The van der Waals surface area contributed by atoms with Crippen LogP contribution in [0, 0.1) is 11.6 Å². The quantitative estimate of drug-likeness (QED) is 0.917. The first kappa shape index (κ1) is 16.5. The maximum Gasteiger partial charge on any atom is 0.244 e. The molecule has 1 fully saturated rings. The van der Waals surface area contributed by atoms with Gasteiger partial charge >= 0.3 is 0 Å². The number of carbonyl (C=O) groups is 1. The van der Waals surface area contributed by atoms with Gasteiger partial charge in [0.05, 0.1) is 11.9 Å². The maximum absolute atomic E-state index is 13.5. The summed E-state index contributed by atoms with van der Waals surface area (Å²) < 4.78 is 28.0. The predicted molar refractivity (Wildman–Crippen MR) is 82.8 cm³/mol. The summed E-state index contributed by atoms with van der Waals surface area (Å²) in [6.07, 6.45) is 2.36. The second-order valence-electron chi connectivity index (χ2n) is 6.01. The van der Waals surface area contributed by atoms with Gasteiger partial charge in [-0.3, -0.25) is 4.79 Å². The predicted octanol–water partition coefficient (Wildman–Crippen LogP) is 1.42. The van der Waals surface area contributed by atoms with Gasteiger partial charge in [0.25, 0.3) is 0 Å². The maximum atomic E-state index is 13.5. The summed E-state index contributed by atoms with van der Waals surface area (Å²) in [5, 5.41) is 7.72. The number of hydrogen-bond donors (Lipinski definition) is 1. The zero-order valence-corrected chi connectivity index (χ0v) is 13.3. The number of benzene rings is 1. The average Bonchev–Trinajstić information content (AvgIpc) is 3.16. The molecule has 0 spiro atoms. The molecule has 1 aliphatic rings. The molecule has 0 aliphatic carbocycles. The van der Waals surface area contributed by atoms with Gasteiger partial charge in [-0.15, -0.1) is 5.10 Å². The lowest BCUT2D eigenvalue weighted by atomic mass is 9.92. The van der Waals surface area contributed by atoms with Crippen molar-refractivity contribution in [1.82, 2.24) is 19.9 Å². The largest absolute Gasteiger partial charge is 0.338 e.